The molecule has 0 aliphatic rings. The molecule has 2 aromatic carbocycles. The van der Waals surface area contributed by atoms with Crippen molar-refractivity contribution in [2.75, 3.05) is 12.4 Å². The van der Waals surface area contributed by atoms with Crippen molar-refractivity contribution in [3.05, 3.63) is 71.8 Å². The summed E-state index contributed by atoms with van der Waals surface area (Å²) in [5.74, 6) is -1.13. The number of fused-ring (bicyclic) bond motifs is 1. The van der Waals surface area contributed by atoms with Gasteiger partial charge in [-0.2, -0.15) is 13.2 Å². The van der Waals surface area contributed by atoms with Crippen molar-refractivity contribution in [2.45, 2.75) is 10.6 Å². The van der Waals surface area contributed by atoms with Crippen molar-refractivity contribution < 1.29 is 22.7 Å². The number of nitrogens with zero attached hydrogens (tertiary/aromatic N) is 4. The van der Waals surface area contributed by atoms with Gasteiger partial charge in [0.05, 0.1) is 30.5 Å². The maximum Gasteiger partial charge on any atom is 0.450 e. The molecule has 1 amide bonds. The minimum absolute atomic E-state index is 0.0881. The molecule has 0 unspecified atom stereocenters. The first-order valence-electron chi connectivity index (χ1n) is 9.22. The Bertz CT molecular complexity index is 1290. The van der Waals surface area contributed by atoms with E-state index in [-0.39, 0.29) is 22.7 Å². The van der Waals surface area contributed by atoms with E-state index >= 15 is 0 Å². The van der Waals surface area contributed by atoms with Gasteiger partial charge in [-0.3, -0.25) is 9.36 Å². The minimum Gasteiger partial charge on any atom is -0.497 e. The number of amides is 1. The van der Waals surface area contributed by atoms with Crippen LogP contribution in [0.3, 0.4) is 0 Å². The van der Waals surface area contributed by atoms with Gasteiger partial charge in [-0.1, -0.05) is 34.7 Å². The van der Waals surface area contributed by atoms with Crippen LogP contribution in [0, 0.1) is 0 Å². The molecule has 2 aromatic heterocycles. The number of anilines is 1. The van der Waals surface area contributed by atoms with Crippen LogP contribution in [0.5, 0.6) is 5.75 Å². The van der Waals surface area contributed by atoms with Crippen molar-refractivity contribution in [3.63, 3.8) is 0 Å². The number of carbonyl (C=O) groups excluding carboxylic acids is 1. The van der Waals surface area contributed by atoms with Crippen LogP contribution >= 0.6 is 22.6 Å². The second-order valence-electron chi connectivity index (χ2n) is 6.67. The van der Waals surface area contributed by atoms with Gasteiger partial charge in [0.1, 0.15) is 5.75 Å². The number of hydrogen-bond acceptors (Lipinski definition) is 5. The molecule has 0 saturated carbocycles. The van der Waals surface area contributed by atoms with Gasteiger partial charge < -0.3 is 10.1 Å². The van der Waals surface area contributed by atoms with Gasteiger partial charge >= 0.3 is 6.18 Å². The lowest BCUT2D eigenvalue weighted by atomic mass is 10.1. The molecular weight excluding hydrogens is 538 g/mol. The zero-order valence-electron chi connectivity index (χ0n) is 16.5. The standard InChI is InChI=1S/C21H15F3IN5O2/c1-32-14-5-6-16-15(8-14)28-20(21(22,23)24)30(16)18-11-26-17(10-27-18)29-19(31)13-4-2-3-12(7-13)9-25/h2-8,10-11H,9H2,1H3,(H,26,29,31). The van der Waals surface area contributed by atoms with Crippen LogP contribution in [0.25, 0.3) is 16.9 Å². The smallest absolute Gasteiger partial charge is 0.450 e. The number of halogens is 4. The van der Waals surface area contributed by atoms with Crippen LogP contribution in [0.4, 0.5) is 19.0 Å². The average Bonchev–Trinajstić information content (AvgIpc) is 3.19. The number of hydrogen-bond donors (Lipinski definition) is 1. The van der Waals surface area contributed by atoms with E-state index in [4.69, 9.17) is 4.74 Å². The van der Waals surface area contributed by atoms with Crippen molar-refractivity contribution >= 4 is 45.3 Å². The molecule has 0 aliphatic carbocycles. The van der Waals surface area contributed by atoms with Crippen LogP contribution < -0.4 is 10.1 Å². The summed E-state index contributed by atoms with van der Waals surface area (Å²) in [7, 11) is 1.42. The molecule has 0 radical (unpaired) electrons. The molecular formula is C21H15F3IN5O2. The Balaban J connectivity index is 1.67. The highest BCUT2D eigenvalue weighted by molar-refractivity contribution is 14.1. The van der Waals surface area contributed by atoms with Crippen molar-refractivity contribution in [1.29, 1.82) is 0 Å². The maximum atomic E-state index is 13.6. The van der Waals surface area contributed by atoms with E-state index in [0.29, 0.717) is 11.3 Å². The molecule has 7 nitrogen and oxygen atoms in total. The lowest BCUT2D eigenvalue weighted by Crippen LogP contribution is -2.16. The highest BCUT2D eigenvalue weighted by Gasteiger charge is 2.38. The summed E-state index contributed by atoms with van der Waals surface area (Å²) in [4.78, 5) is 24.3. The number of ether oxygens (including phenoxy) is 1. The molecule has 32 heavy (non-hydrogen) atoms. The van der Waals surface area contributed by atoms with E-state index in [1.807, 2.05) is 6.07 Å². The molecule has 0 aliphatic heterocycles. The fourth-order valence-electron chi connectivity index (χ4n) is 3.09. The molecule has 0 fully saturated rings. The maximum absolute atomic E-state index is 13.6. The van der Waals surface area contributed by atoms with Gasteiger partial charge in [-0.05, 0) is 29.8 Å². The van der Waals surface area contributed by atoms with E-state index < -0.39 is 17.9 Å². The Morgan fingerprint density at radius 3 is 2.62 bits per heavy atom. The highest BCUT2D eigenvalue weighted by atomic mass is 127. The third kappa shape index (κ3) is 4.38. The third-order valence-electron chi connectivity index (χ3n) is 4.57. The summed E-state index contributed by atoms with van der Waals surface area (Å²) in [5.41, 5.74) is 1.73. The molecule has 0 bridgehead atoms. The summed E-state index contributed by atoms with van der Waals surface area (Å²) in [6, 6.07) is 11.5. The molecule has 0 saturated heterocycles. The topological polar surface area (TPSA) is 81.9 Å². The molecule has 11 heteroatoms. The molecule has 2 heterocycles. The van der Waals surface area contributed by atoms with Gasteiger partial charge in [0.15, 0.2) is 11.6 Å². The Morgan fingerprint density at radius 2 is 1.97 bits per heavy atom. The van der Waals surface area contributed by atoms with E-state index in [1.54, 1.807) is 18.2 Å². The average molecular weight is 553 g/mol. The minimum atomic E-state index is -4.72. The second-order valence-corrected chi connectivity index (χ2v) is 7.43. The van der Waals surface area contributed by atoms with E-state index in [2.05, 4.69) is 42.9 Å². The number of alkyl halides is 4. The summed E-state index contributed by atoms with van der Waals surface area (Å²) in [6.45, 7) is 0. The lowest BCUT2D eigenvalue weighted by Gasteiger charge is -2.11. The van der Waals surface area contributed by atoms with E-state index in [0.717, 1.165) is 20.8 Å². The summed E-state index contributed by atoms with van der Waals surface area (Å²) >= 11 is 2.19. The van der Waals surface area contributed by atoms with Gasteiger partial charge in [0.25, 0.3) is 5.91 Å². The van der Waals surface area contributed by atoms with Crippen LogP contribution in [0.15, 0.2) is 54.9 Å². The Morgan fingerprint density at radius 1 is 1.16 bits per heavy atom. The number of imidazole rings is 1. The van der Waals surface area contributed by atoms with Crippen LogP contribution in [0.2, 0.25) is 0 Å². The monoisotopic (exact) mass is 553 g/mol. The lowest BCUT2D eigenvalue weighted by molar-refractivity contribution is -0.145. The predicted molar refractivity (Wildman–Crippen MR) is 120 cm³/mol. The largest absolute Gasteiger partial charge is 0.497 e. The molecule has 164 valence electrons. The van der Waals surface area contributed by atoms with Gasteiger partial charge in [0.2, 0.25) is 5.82 Å². The first-order valence-corrected chi connectivity index (χ1v) is 10.7. The van der Waals surface area contributed by atoms with E-state index in [1.165, 1.54) is 31.5 Å². The zero-order chi connectivity index (χ0) is 22.9. The van der Waals surface area contributed by atoms with Crippen LogP contribution in [-0.4, -0.2) is 32.5 Å². The fourth-order valence-corrected chi connectivity index (χ4v) is 3.57. The van der Waals surface area contributed by atoms with Crippen molar-refractivity contribution in [1.82, 2.24) is 19.5 Å². The molecule has 4 rings (SSSR count). The number of aromatic nitrogens is 4. The molecule has 0 atom stereocenters. The molecule has 0 spiro atoms. The van der Waals surface area contributed by atoms with Crippen molar-refractivity contribution in [3.8, 4) is 11.6 Å². The number of carbonyl (C=O) groups is 1. The van der Waals surface area contributed by atoms with Gasteiger partial charge in [-0.15, -0.1) is 0 Å². The van der Waals surface area contributed by atoms with Gasteiger partial charge in [-0.25, -0.2) is 15.0 Å². The van der Waals surface area contributed by atoms with Crippen LogP contribution in [-0.2, 0) is 10.6 Å². The molecule has 4 aromatic rings. The SMILES string of the molecule is COc1ccc2c(c1)nc(C(F)(F)F)n2-c1cnc(NC(=O)c2cccc(CI)c2)cn1. The number of methoxy groups -OCH3 is 1. The first kappa shape index (κ1) is 22.0. The number of benzene rings is 2. The number of rotatable bonds is 5. The normalized spacial score (nSPS) is 11.5. The second kappa shape index (κ2) is 8.73. The summed E-state index contributed by atoms with van der Waals surface area (Å²) in [6.07, 6.45) is -2.37. The Kier molecular flexibility index (Phi) is 6.00. The first-order chi connectivity index (χ1) is 15.3. The predicted octanol–water partition coefficient (Wildman–Crippen LogP) is 5.03. The molecule has 1 N–H and O–H groups in total. The summed E-state index contributed by atoms with van der Waals surface area (Å²) in [5, 5.41) is 2.60. The Labute approximate surface area is 193 Å². The Hall–Kier alpha value is -3.22. The zero-order valence-corrected chi connectivity index (χ0v) is 18.7. The van der Waals surface area contributed by atoms with E-state index in [9.17, 15) is 18.0 Å². The third-order valence-corrected chi connectivity index (χ3v) is 5.45. The highest BCUT2D eigenvalue weighted by Crippen LogP contribution is 2.34. The fraction of sp³-hybridized carbons (Fsp3) is 0.143. The summed E-state index contributed by atoms with van der Waals surface area (Å²) < 4.78 is 47.6. The quantitative estimate of drug-likeness (QED) is 0.277. The van der Waals surface area contributed by atoms with Crippen LogP contribution in [0.1, 0.15) is 21.7 Å². The van der Waals surface area contributed by atoms with Crippen molar-refractivity contribution in [2.24, 2.45) is 0 Å². The number of nitrogens with one attached hydrogen (secondary N) is 1. The van der Waals surface area contributed by atoms with Gasteiger partial charge in [0, 0.05) is 16.1 Å².